The molecule has 0 fully saturated rings. The second-order valence-corrected chi connectivity index (χ2v) is 4.73. The minimum Gasteiger partial charge on any atom is -0.389 e. The van der Waals surface area contributed by atoms with Crippen molar-refractivity contribution in [3.05, 3.63) is 77.4 Å². The molecule has 0 aromatic heterocycles. The third-order valence-electron chi connectivity index (χ3n) is 2.93. The van der Waals surface area contributed by atoms with Crippen molar-refractivity contribution in [2.24, 2.45) is 5.73 Å². The lowest BCUT2D eigenvalue weighted by Crippen LogP contribution is -2.16. The first-order valence-corrected chi connectivity index (χ1v) is 6.65. The van der Waals surface area contributed by atoms with Gasteiger partial charge in [0.15, 0.2) is 5.78 Å². The van der Waals surface area contributed by atoms with Crippen molar-refractivity contribution in [3.8, 4) is 6.07 Å². The first-order chi connectivity index (χ1) is 10.1. The first-order valence-electron chi connectivity index (χ1n) is 6.24. The van der Waals surface area contributed by atoms with Crippen molar-refractivity contribution >= 4 is 28.6 Å². The highest BCUT2D eigenvalue weighted by Gasteiger charge is 2.20. The van der Waals surface area contributed by atoms with E-state index in [1.165, 1.54) is 0 Å². The van der Waals surface area contributed by atoms with Crippen molar-refractivity contribution in [2.75, 3.05) is 0 Å². The van der Waals surface area contributed by atoms with Crippen LogP contribution in [0.5, 0.6) is 0 Å². The second-order valence-electron chi connectivity index (χ2n) is 4.29. The van der Waals surface area contributed by atoms with Gasteiger partial charge in [-0.15, -0.1) is 0 Å². The Balaban J connectivity index is 2.67. The van der Waals surface area contributed by atoms with Gasteiger partial charge in [0, 0.05) is 5.56 Å². The van der Waals surface area contributed by atoms with Crippen LogP contribution in [0, 0.1) is 11.3 Å². The Morgan fingerprint density at radius 3 is 1.86 bits per heavy atom. The van der Waals surface area contributed by atoms with Gasteiger partial charge in [-0.3, -0.25) is 4.79 Å². The molecule has 0 spiro atoms. The summed E-state index contributed by atoms with van der Waals surface area (Å²) in [5, 5.41) is 9.30. The SMILES string of the molecule is N#C/C(C(N)=S)=C(/C(=O)c1ccccc1)c1ccccc1. The average Bonchev–Trinajstić information content (AvgIpc) is 2.53. The van der Waals surface area contributed by atoms with Crippen molar-refractivity contribution in [1.29, 1.82) is 5.26 Å². The molecule has 0 saturated carbocycles. The summed E-state index contributed by atoms with van der Waals surface area (Å²) >= 11 is 4.91. The van der Waals surface area contributed by atoms with Gasteiger partial charge in [0.1, 0.15) is 11.1 Å². The minimum absolute atomic E-state index is 0.0325. The van der Waals surface area contributed by atoms with E-state index in [0.717, 1.165) is 0 Å². The molecular formula is C17H12N2OS. The molecule has 2 aromatic rings. The highest BCUT2D eigenvalue weighted by atomic mass is 32.1. The van der Waals surface area contributed by atoms with Crippen LogP contribution in [0.25, 0.3) is 5.57 Å². The lowest BCUT2D eigenvalue weighted by Gasteiger charge is -2.09. The molecule has 0 aliphatic rings. The molecule has 102 valence electrons. The third kappa shape index (κ3) is 3.22. The fraction of sp³-hybridized carbons (Fsp3) is 0. The van der Waals surface area contributed by atoms with Crippen LogP contribution in [0.4, 0.5) is 0 Å². The van der Waals surface area contributed by atoms with Crippen molar-refractivity contribution < 1.29 is 4.79 Å². The van der Waals surface area contributed by atoms with Crippen LogP contribution in [-0.4, -0.2) is 10.8 Å². The number of rotatable bonds is 4. The number of carbonyl (C=O) groups excluding carboxylic acids is 1. The molecule has 0 heterocycles. The molecule has 0 atom stereocenters. The number of nitriles is 1. The third-order valence-corrected chi connectivity index (χ3v) is 3.14. The number of benzene rings is 2. The van der Waals surface area contributed by atoms with Crippen LogP contribution in [0.1, 0.15) is 15.9 Å². The molecule has 3 nitrogen and oxygen atoms in total. The highest BCUT2D eigenvalue weighted by molar-refractivity contribution is 7.80. The zero-order valence-electron chi connectivity index (χ0n) is 11.1. The standard InChI is InChI=1S/C17H12N2OS/c18-11-14(17(19)21)15(12-7-3-1-4-8-12)16(20)13-9-5-2-6-10-13/h1-10H,(H2,19,21)/b15-14-. The Morgan fingerprint density at radius 1 is 0.952 bits per heavy atom. The number of carbonyl (C=O) groups is 1. The summed E-state index contributed by atoms with van der Waals surface area (Å²) in [4.78, 5) is 12.6. The van der Waals surface area contributed by atoms with E-state index in [9.17, 15) is 10.1 Å². The predicted molar refractivity (Wildman–Crippen MR) is 86.5 cm³/mol. The smallest absolute Gasteiger partial charge is 0.195 e. The van der Waals surface area contributed by atoms with Crippen LogP contribution in [0.3, 0.4) is 0 Å². The average molecular weight is 292 g/mol. The van der Waals surface area contributed by atoms with Crippen LogP contribution in [-0.2, 0) is 0 Å². The minimum atomic E-state index is -0.272. The number of allylic oxidation sites excluding steroid dienone is 1. The summed E-state index contributed by atoms with van der Waals surface area (Å²) in [5.41, 5.74) is 6.97. The Bertz CT molecular complexity index is 743. The summed E-state index contributed by atoms with van der Waals surface area (Å²) in [6.07, 6.45) is 0. The number of ketones is 1. The van der Waals surface area contributed by atoms with Crippen LogP contribution in [0.2, 0.25) is 0 Å². The summed E-state index contributed by atoms with van der Waals surface area (Å²) in [7, 11) is 0. The van der Waals surface area contributed by atoms with E-state index in [1.807, 2.05) is 18.2 Å². The van der Waals surface area contributed by atoms with Crippen LogP contribution >= 0.6 is 12.2 Å². The molecule has 21 heavy (non-hydrogen) atoms. The molecule has 0 unspecified atom stereocenters. The van der Waals surface area contributed by atoms with E-state index in [0.29, 0.717) is 11.1 Å². The zero-order valence-corrected chi connectivity index (χ0v) is 11.9. The maximum atomic E-state index is 12.7. The number of Topliss-reactive ketones (excluding diaryl/α,β-unsaturated/α-hetero) is 1. The van der Waals surface area contributed by atoms with Crippen molar-refractivity contribution in [2.45, 2.75) is 0 Å². The highest BCUT2D eigenvalue weighted by Crippen LogP contribution is 2.23. The zero-order chi connectivity index (χ0) is 15.2. The monoisotopic (exact) mass is 292 g/mol. The van der Waals surface area contributed by atoms with E-state index in [-0.39, 0.29) is 21.9 Å². The summed E-state index contributed by atoms with van der Waals surface area (Å²) < 4.78 is 0. The Hall–Kier alpha value is -2.77. The van der Waals surface area contributed by atoms with Gasteiger partial charge in [-0.05, 0) is 5.56 Å². The molecule has 0 amide bonds. The van der Waals surface area contributed by atoms with Gasteiger partial charge in [-0.2, -0.15) is 5.26 Å². The van der Waals surface area contributed by atoms with Crippen molar-refractivity contribution in [1.82, 2.24) is 0 Å². The van der Waals surface area contributed by atoms with E-state index < -0.39 is 0 Å². The number of thiocarbonyl (C=S) groups is 1. The Kier molecular flexibility index (Phi) is 4.60. The Labute approximate surface area is 128 Å². The van der Waals surface area contributed by atoms with Gasteiger partial charge in [-0.1, -0.05) is 72.9 Å². The van der Waals surface area contributed by atoms with Gasteiger partial charge in [0.05, 0.1) is 11.1 Å². The quantitative estimate of drug-likeness (QED) is 0.407. The molecule has 2 N–H and O–H groups in total. The van der Waals surface area contributed by atoms with Gasteiger partial charge in [0.2, 0.25) is 0 Å². The normalized spacial score (nSPS) is 11.2. The summed E-state index contributed by atoms with van der Waals surface area (Å²) in [5.74, 6) is -0.272. The largest absolute Gasteiger partial charge is 0.389 e. The number of nitrogens with zero attached hydrogens (tertiary/aromatic N) is 1. The molecule has 4 heteroatoms. The molecule has 2 aromatic carbocycles. The lowest BCUT2D eigenvalue weighted by atomic mass is 9.92. The van der Waals surface area contributed by atoms with Gasteiger partial charge < -0.3 is 5.73 Å². The molecule has 0 radical (unpaired) electrons. The van der Waals surface area contributed by atoms with Gasteiger partial charge in [-0.25, -0.2) is 0 Å². The van der Waals surface area contributed by atoms with Crippen molar-refractivity contribution in [3.63, 3.8) is 0 Å². The van der Waals surface area contributed by atoms with Gasteiger partial charge >= 0.3 is 0 Å². The van der Waals surface area contributed by atoms with Crippen LogP contribution in [0.15, 0.2) is 66.2 Å². The number of hydrogen-bond donors (Lipinski definition) is 1. The Morgan fingerprint density at radius 2 is 1.43 bits per heavy atom. The first kappa shape index (κ1) is 14.6. The molecule has 2 rings (SSSR count). The second kappa shape index (κ2) is 6.60. The molecule has 0 aliphatic heterocycles. The van der Waals surface area contributed by atoms with E-state index in [2.05, 4.69) is 0 Å². The fourth-order valence-corrected chi connectivity index (χ4v) is 2.11. The van der Waals surface area contributed by atoms with E-state index in [1.54, 1.807) is 48.5 Å². The lowest BCUT2D eigenvalue weighted by molar-refractivity contribution is 0.105. The molecule has 0 bridgehead atoms. The number of nitrogens with two attached hydrogens (primary N) is 1. The van der Waals surface area contributed by atoms with E-state index in [4.69, 9.17) is 18.0 Å². The summed E-state index contributed by atoms with van der Waals surface area (Å²) in [6, 6.07) is 19.6. The fourth-order valence-electron chi connectivity index (χ4n) is 1.96. The van der Waals surface area contributed by atoms with E-state index >= 15 is 0 Å². The maximum absolute atomic E-state index is 12.7. The van der Waals surface area contributed by atoms with Crippen LogP contribution < -0.4 is 5.73 Å². The van der Waals surface area contributed by atoms with Gasteiger partial charge in [0.25, 0.3) is 0 Å². The number of hydrogen-bond acceptors (Lipinski definition) is 3. The maximum Gasteiger partial charge on any atom is 0.195 e. The summed E-state index contributed by atoms with van der Waals surface area (Å²) in [6.45, 7) is 0. The molecule has 0 aliphatic carbocycles. The molecule has 0 saturated heterocycles. The topological polar surface area (TPSA) is 66.9 Å². The predicted octanol–water partition coefficient (Wildman–Crippen LogP) is 3.13. The molecular weight excluding hydrogens is 280 g/mol.